The predicted molar refractivity (Wildman–Crippen MR) is 78.6 cm³/mol. The zero-order chi connectivity index (χ0) is 12.8. The fourth-order valence-electron chi connectivity index (χ4n) is 2.03. The molecule has 0 atom stereocenters. The molecular formula is C14H31NSi. The first-order valence-corrected chi connectivity index (χ1v) is 9.70. The van der Waals surface area contributed by atoms with Gasteiger partial charge in [0.2, 0.25) is 0 Å². The van der Waals surface area contributed by atoms with Gasteiger partial charge >= 0.3 is 0 Å². The highest BCUT2D eigenvalue weighted by Crippen LogP contribution is 2.22. The highest BCUT2D eigenvalue weighted by molar-refractivity contribution is 6.63. The summed E-state index contributed by atoms with van der Waals surface area (Å²) in [6.45, 7) is 17.6. The summed E-state index contributed by atoms with van der Waals surface area (Å²) in [5, 5.41) is 1.66. The third-order valence-corrected chi connectivity index (χ3v) is 4.59. The molecule has 0 bridgehead atoms. The quantitative estimate of drug-likeness (QED) is 0.630. The predicted octanol–water partition coefficient (Wildman–Crippen LogP) is 4.21. The maximum atomic E-state index is 2.65. The van der Waals surface area contributed by atoms with Crippen LogP contribution in [-0.4, -0.2) is 25.8 Å². The van der Waals surface area contributed by atoms with Crippen molar-refractivity contribution in [2.24, 2.45) is 0 Å². The molecule has 96 valence electrons. The van der Waals surface area contributed by atoms with E-state index in [0.29, 0.717) is 0 Å². The van der Waals surface area contributed by atoms with Crippen LogP contribution in [0.15, 0.2) is 11.4 Å². The van der Waals surface area contributed by atoms with E-state index in [-0.39, 0.29) is 5.54 Å². The SMILES string of the molecule is CCC=C(N(CCCC)C(C)(C)C)[SiH](C)C. The van der Waals surface area contributed by atoms with Gasteiger partial charge in [0.15, 0.2) is 0 Å². The van der Waals surface area contributed by atoms with E-state index < -0.39 is 8.80 Å². The van der Waals surface area contributed by atoms with E-state index in [9.17, 15) is 0 Å². The lowest BCUT2D eigenvalue weighted by Gasteiger charge is -2.41. The summed E-state index contributed by atoms with van der Waals surface area (Å²) >= 11 is 0. The second kappa shape index (κ2) is 7.15. The van der Waals surface area contributed by atoms with Gasteiger partial charge in [-0.25, -0.2) is 0 Å². The van der Waals surface area contributed by atoms with Gasteiger partial charge in [0, 0.05) is 12.1 Å². The largest absolute Gasteiger partial charge is 0.374 e. The maximum absolute atomic E-state index is 2.65. The van der Waals surface area contributed by atoms with E-state index in [4.69, 9.17) is 0 Å². The van der Waals surface area contributed by atoms with E-state index in [1.807, 2.05) is 0 Å². The molecule has 2 heteroatoms. The zero-order valence-electron chi connectivity index (χ0n) is 12.4. The first-order chi connectivity index (χ1) is 7.34. The molecule has 0 aliphatic carbocycles. The summed E-state index contributed by atoms with van der Waals surface area (Å²) in [5.41, 5.74) is 0.271. The Morgan fingerprint density at radius 2 is 1.75 bits per heavy atom. The van der Waals surface area contributed by atoms with Crippen molar-refractivity contribution in [3.05, 3.63) is 11.4 Å². The minimum Gasteiger partial charge on any atom is -0.374 e. The monoisotopic (exact) mass is 241 g/mol. The molecule has 0 fully saturated rings. The fraction of sp³-hybridized carbons (Fsp3) is 0.857. The van der Waals surface area contributed by atoms with Gasteiger partial charge in [-0.2, -0.15) is 0 Å². The lowest BCUT2D eigenvalue weighted by molar-refractivity contribution is 0.193. The Balaban J connectivity index is 4.90. The van der Waals surface area contributed by atoms with E-state index in [2.05, 4.69) is 58.7 Å². The molecule has 0 spiro atoms. The molecule has 0 aromatic carbocycles. The summed E-state index contributed by atoms with van der Waals surface area (Å²) in [6, 6.07) is 0. The zero-order valence-corrected chi connectivity index (χ0v) is 13.6. The van der Waals surface area contributed by atoms with Gasteiger partial charge in [0.1, 0.15) is 0 Å². The first kappa shape index (κ1) is 15.8. The summed E-state index contributed by atoms with van der Waals surface area (Å²) in [5.74, 6) is 0. The number of hydrogen-bond donors (Lipinski definition) is 0. The van der Waals surface area contributed by atoms with Crippen molar-refractivity contribution in [2.75, 3.05) is 6.54 Å². The number of rotatable bonds is 6. The van der Waals surface area contributed by atoms with Gasteiger partial charge in [-0.05, 0) is 38.9 Å². The van der Waals surface area contributed by atoms with E-state index >= 15 is 0 Å². The van der Waals surface area contributed by atoms with Crippen molar-refractivity contribution in [1.29, 1.82) is 0 Å². The van der Waals surface area contributed by atoms with Gasteiger partial charge in [0.25, 0.3) is 0 Å². The topological polar surface area (TPSA) is 3.24 Å². The van der Waals surface area contributed by atoms with Crippen LogP contribution in [0, 0.1) is 0 Å². The molecule has 0 aromatic rings. The highest BCUT2D eigenvalue weighted by Gasteiger charge is 2.24. The number of unbranched alkanes of at least 4 members (excludes halogenated alkanes) is 1. The second-order valence-electron chi connectivity index (χ2n) is 5.87. The molecule has 0 aliphatic rings. The third kappa shape index (κ3) is 5.20. The first-order valence-electron chi connectivity index (χ1n) is 6.82. The van der Waals surface area contributed by atoms with Crippen LogP contribution in [0.25, 0.3) is 0 Å². The standard InChI is InChI=1S/C14H31NSi/c1-8-10-12-15(14(3,4)5)13(11-9-2)16(6)7/h11,16H,8-10,12H2,1-7H3. The summed E-state index contributed by atoms with van der Waals surface area (Å²) in [7, 11) is -0.716. The molecule has 0 heterocycles. The Hall–Kier alpha value is -0.243. The fourth-order valence-corrected chi connectivity index (χ4v) is 3.88. The lowest BCUT2D eigenvalue weighted by Crippen LogP contribution is -2.44. The Kier molecular flexibility index (Phi) is 7.05. The molecule has 0 aromatic heterocycles. The maximum Gasteiger partial charge on any atom is 0.0847 e. The van der Waals surface area contributed by atoms with Crippen LogP contribution < -0.4 is 0 Å². The molecular weight excluding hydrogens is 210 g/mol. The molecule has 0 saturated carbocycles. The minimum absolute atomic E-state index is 0.271. The van der Waals surface area contributed by atoms with Gasteiger partial charge < -0.3 is 4.90 Å². The third-order valence-electron chi connectivity index (χ3n) is 2.86. The molecule has 0 saturated heterocycles. The number of nitrogens with zero attached hydrogens (tertiary/aromatic N) is 1. The Labute approximate surface area is 105 Å². The van der Waals surface area contributed by atoms with Crippen molar-refractivity contribution >= 4 is 8.80 Å². The van der Waals surface area contributed by atoms with Crippen LogP contribution in [-0.2, 0) is 0 Å². The van der Waals surface area contributed by atoms with E-state index in [1.54, 1.807) is 5.32 Å². The van der Waals surface area contributed by atoms with Crippen molar-refractivity contribution in [1.82, 2.24) is 4.90 Å². The van der Waals surface area contributed by atoms with Crippen LogP contribution in [0.1, 0.15) is 53.9 Å². The molecule has 0 rings (SSSR count). The van der Waals surface area contributed by atoms with E-state index in [0.717, 1.165) is 0 Å². The Morgan fingerprint density at radius 3 is 2.06 bits per heavy atom. The number of hydrogen-bond acceptors (Lipinski definition) is 1. The van der Waals surface area contributed by atoms with Gasteiger partial charge in [0.05, 0.1) is 8.80 Å². The molecule has 16 heavy (non-hydrogen) atoms. The van der Waals surface area contributed by atoms with Crippen LogP contribution in [0.4, 0.5) is 0 Å². The van der Waals surface area contributed by atoms with Gasteiger partial charge in [-0.3, -0.25) is 0 Å². The van der Waals surface area contributed by atoms with Gasteiger partial charge in [-0.15, -0.1) is 0 Å². The summed E-state index contributed by atoms with van der Waals surface area (Å²) < 4.78 is 0. The molecule has 0 unspecified atom stereocenters. The summed E-state index contributed by atoms with van der Waals surface area (Å²) in [4.78, 5) is 2.65. The van der Waals surface area contributed by atoms with Crippen LogP contribution in [0.2, 0.25) is 13.1 Å². The van der Waals surface area contributed by atoms with Crippen LogP contribution >= 0.6 is 0 Å². The lowest BCUT2D eigenvalue weighted by atomic mass is 10.1. The molecule has 1 nitrogen and oxygen atoms in total. The van der Waals surface area contributed by atoms with Crippen molar-refractivity contribution in [3.8, 4) is 0 Å². The van der Waals surface area contributed by atoms with Crippen molar-refractivity contribution in [3.63, 3.8) is 0 Å². The minimum atomic E-state index is -0.716. The average Bonchev–Trinajstić information content (AvgIpc) is 2.14. The van der Waals surface area contributed by atoms with Crippen molar-refractivity contribution < 1.29 is 0 Å². The Morgan fingerprint density at radius 1 is 1.19 bits per heavy atom. The smallest absolute Gasteiger partial charge is 0.0847 e. The Bertz CT molecular complexity index is 213. The van der Waals surface area contributed by atoms with Crippen molar-refractivity contribution in [2.45, 2.75) is 72.5 Å². The molecule has 0 aliphatic heterocycles. The molecule has 0 amide bonds. The van der Waals surface area contributed by atoms with Crippen LogP contribution in [0.3, 0.4) is 0 Å². The van der Waals surface area contributed by atoms with Crippen LogP contribution in [0.5, 0.6) is 0 Å². The normalized spacial score (nSPS) is 13.4. The highest BCUT2D eigenvalue weighted by atomic mass is 28.3. The average molecular weight is 241 g/mol. The number of allylic oxidation sites excluding steroid dienone is 1. The summed E-state index contributed by atoms with van der Waals surface area (Å²) in [6.07, 6.45) is 6.21. The second-order valence-corrected chi connectivity index (χ2v) is 8.77. The van der Waals surface area contributed by atoms with E-state index in [1.165, 1.54) is 25.8 Å². The molecule has 0 radical (unpaired) electrons. The van der Waals surface area contributed by atoms with Gasteiger partial charge in [-0.1, -0.05) is 39.4 Å². The molecule has 0 N–H and O–H groups in total.